The lowest BCUT2D eigenvalue weighted by molar-refractivity contribution is -0.116. The molecule has 1 aliphatic heterocycles. The number of nitrogens with zero attached hydrogens (tertiary/aromatic N) is 1. The van der Waals surface area contributed by atoms with Gasteiger partial charge in [0.15, 0.2) is 5.78 Å². The van der Waals surface area contributed by atoms with Gasteiger partial charge in [-0.3, -0.25) is 14.5 Å². The van der Waals surface area contributed by atoms with Crippen LogP contribution in [0, 0.1) is 0 Å². The summed E-state index contributed by atoms with van der Waals surface area (Å²) >= 11 is 5.88. The predicted octanol–water partition coefficient (Wildman–Crippen LogP) is 3.23. The molecule has 0 unspecified atom stereocenters. The minimum Gasteiger partial charge on any atom is -0.379 e. The van der Waals surface area contributed by atoms with Crippen LogP contribution in [0.4, 0.5) is 5.69 Å². The lowest BCUT2D eigenvalue weighted by atomic mass is 10.0. The third-order valence-electron chi connectivity index (χ3n) is 4.31. The van der Waals surface area contributed by atoms with Crippen molar-refractivity contribution in [2.45, 2.75) is 6.42 Å². The number of ether oxygens (including phenoxy) is 1. The quantitative estimate of drug-likeness (QED) is 0.791. The van der Waals surface area contributed by atoms with Crippen LogP contribution in [0.25, 0.3) is 0 Å². The molecule has 0 spiro atoms. The highest BCUT2D eigenvalue weighted by molar-refractivity contribution is 6.30. The predicted molar refractivity (Wildman–Crippen MR) is 102 cm³/mol. The van der Waals surface area contributed by atoms with Gasteiger partial charge < -0.3 is 10.1 Å². The summed E-state index contributed by atoms with van der Waals surface area (Å²) in [6.45, 7) is 3.79. The number of halogens is 1. The van der Waals surface area contributed by atoms with Crippen molar-refractivity contribution in [1.29, 1.82) is 0 Å². The van der Waals surface area contributed by atoms with Crippen LogP contribution in [0.2, 0.25) is 5.02 Å². The standard InChI is InChI=1S/C20H21ClN2O3/c21-16-7-5-15(6-8-16)20(25)17-3-1-2-4-18(17)22-19(24)9-10-23-11-13-26-14-12-23/h1-8H,9-14H2,(H,22,24). The molecule has 3 rings (SSSR count). The number of carbonyl (C=O) groups is 2. The van der Waals surface area contributed by atoms with Crippen molar-refractivity contribution < 1.29 is 14.3 Å². The van der Waals surface area contributed by atoms with Crippen molar-refractivity contribution in [3.63, 3.8) is 0 Å². The monoisotopic (exact) mass is 372 g/mol. The molecule has 0 bridgehead atoms. The van der Waals surface area contributed by atoms with Gasteiger partial charge in [-0.05, 0) is 36.4 Å². The number of para-hydroxylation sites is 1. The summed E-state index contributed by atoms with van der Waals surface area (Å²) in [5.41, 5.74) is 1.53. The van der Waals surface area contributed by atoms with Crippen LogP contribution < -0.4 is 5.32 Å². The van der Waals surface area contributed by atoms with E-state index in [1.807, 2.05) is 0 Å². The van der Waals surface area contributed by atoms with Crippen LogP contribution in [0.15, 0.2) is 48.5 Å². The zero-order valence-corrected chi connectivity index (χ0v) is 15.2. The number of nitrogens with one attached hydrogen (secondary N) is 1. The van der Waals surface area contributed by atoms with E-state index in [1.165, 1.54) is 0 Å². The maximum absolute atomic E-state index is 12.7. The van der Waals surface area contributed by atoms with E-state index in [9.17, 15) is 9.59 Å². The average molecular weight is 373 g/mol. The minimum absolute atomic E-state index is 0.104. The molecule has 1 fully saturated rings. The first-order chi connectivity index (χ1) is 12.6. The molecule has 1 saturated heterocycles. The number of benzene rings is 2. The Morgan fingerprint density at radius 1 is 1.04 bits per heavy atom. The molecule has 2 aromatic rings. The van der Waals surface area contributed by atoms with Crippen LogP contribution in [-0.4, -0.2) is 49.4 Å². The first kappa shape index (κ1) is 18.6. The molecule has 0 atom stereocenters. The normalized spacial score (nSPS) is 14.8. The topological polar surface area (TPSA) is 58.6 Å². The first-order valence-corrected chi connectivity index (χ1v) is 9.00. The fraction of sp³-hybridized carbons (Fsp3) is 0.300. The SMILES string of the molecule is O=C(CCN1CCOCC1)Nc1ccccc1C(=O)c1ccc(Cl)cc1. The maximum Gasteiger partial charge on any atom is 0.225 e. The fourth-order valence-electron chi connectivity index (χ4n) is 2.84. The molecular formula is C20H21ClN2O3. The molecule has 26 heavy (non-hydrogen) atoms. The highest BCUT2D eigenvalue weighted by atomic mass is 35.5. The minimum atomic E-state index is -0.147. The molecule has 1 amide bonds. The summed E-state index contributed by atoms with van der Waals surface area (Å²) in [5.74, 6) is -0.251. The van der Waals surface area contributed by atoms with Crippen molar-refractivity contribution in [1.82, 2.24) is 4.90 Å². The van der Waals surface area contributed by atoms with Gasteiger partial charge in [0.2, 0.25) is 5.91 Å². The zero-order chi connectivity index (χ0) is 18.4. The van der Waals surface area contributed by atoms with E-state index < -0.39 is 0 Å². The second-order valence-electron chi connectivity index (χ2n) is 6.13. The molecule has 2 aromatic carbocycles. The maximum atomic E-state index is 12.7. The van der Waals surface area contributed by atoms with Gasteiger partial charge in [-0.15, -0.1) is 0 Å². The van der Waals surface area contributed by atoms with Gasteiger partial charge in [0.25, 0.3) is 0 Å². The van der Waals surface area contributed by atoms with Gasteiger partial charge in [0.1, 0.15) is 0 Å². The van der Waals surface area contributed by atoms with Crippen LogP contribution in [0.1, 0.15) is 22.3 Å². The van der Waals surface area contributed by atoms with E-state index in [2.05, 4.69) is 10.2 Å². The molecule has 0 aliphatic carbocycles. The molecule has 0 saturated carbocycles. The van der Waals surface area contributed by atoms with Crippen LogP contribution in [0.5, 0.6) is 0 Å². The van der Waals surface area contributed by atoms with Crippen LogP contribution in [0.3, 0.4) is 0 Å². The summed E-state index contributed by atoms with van der Waals surface area (Å²) in [5, 5.41) is 3.44. The van der Waals surface area contributed by atoms with Crippen molar-refractivity contribution in [2.75, 3.05) is 38.2 Å². The number of hydrogen-bond donors (Lipinski definition) is 1. The van der Waals surface area contributed by atoms with Gasteiger partial charge in [-0.25, -0.2) is 0 Å². The number of ketones is 1. The van der Waals surface area contributed by atoms with Crippen LogP contribution >= 0.6 is 11.6 Å². The van der Waals surface area contributed by atoms with E-state index in [-0.39, 0.29) is 11.7 Å². The molecule has 0 radical (unpaired) electrons. The van der Waals surface area contributed by atoms with E-state index in [0.29, 0.717) is 48.0 Å². The van der Waals surface area contributed by atoms with Gasteiger partial charge >= 0.3 is 0 Å². The van der Waals surface area contributed by atoms with Gasteiger partial charge in [-0.1, -0.05) is 23.7 Å². The first-order valence-electron chi connectivity index (χ1n) is 8.63. The van der Waals surface area contributed by atoms with Crippen molar-refractivity contribution in [3.05, 3.63) is 64.7 Å². The Bertz CT molecular complexity index is 771. The molecule has 6 heteroatoms. The Labute approximate surface area is 157 Å². The van der Waals surface area contributed by atoms with E-state index in [4.69, 9.17) is 16.3 Å². The summed E-state index contributed by atoms with van der Waals surface area (Å²) < 4.78 is 5.31. The summed E-state index contributed by atoms with van der Waals surface area (Å²) in [6, 6.07) is 13.8. The van der Waals surface area contributed by atoms with E-state index in [0.717, 1.165) is 13.1 Å². The Morgan fingerprint density at radius 2 is 1.73 bits per heavy atom. The molecule has 1 aliphatic rings. The average Bonchev–Trinajstić information content (AvgIpc) is 2.68. The smallest absolute Gasteiger partial charge is 0.225 e. The fourth-order valence-corrected chi connectivity index (χ4v) is 2.97. The van der Waals surface area contributed by atoms with Crippen molar-refractivity contribution >= 4 is 29.0 Å². The number of anilines is 1. The second kappa shape index (κ2) is 8.94. The molecule has 1 heterocycles. The molecular weight excluding hydrogens is 352 g/mol. The second-order valence-corrected chi connectivity index (χ2v) is 6.57. The Balaban J connectivity index is 1.65. The van der Waals surface area contributed by atoms with E-state index >= 15 is 0 Å². The summed E-state index contributed by atoms with van der Waals surface area (Å²) in [4.78, 5) is 27.3. The number of amides is 1. The lowest BCUT2D eigenvalue weighted by Gasteiger charge is -2.26. The third-order valence-corrected chi connectivity index (χ3v) is 4.56. The largest absolute Gasteiger partial charge is 0.379 e. The highest BCUT2D eigenvalue weighted by Gasteiger charge is 2.16. The zero-order valence-electron chi connectivity index (χ0n) is 14.4. The number of hydrogen-bond acceptors (Lipinski definition) is 4. The lowest BCUT2D eigenvalue weighted by Crippen LogP contribution is -2.38. The Hall–Kier alpha value is -2.21. The summed E-state index contributed by atoms with van der Waals surface area (Å²) in [7, 11) is 0. The van der Waals surface area contributed by atoms with Gasteiger partial charge in [0, 0.05) is 42.2 Å². The van der Waals surface area contributed by atoms with Crippen molar-refractivity contribution in [2.24, 2.45) is 0 Å². The highest BCUT2D eigenvalue weighted by Crippen LogP contribution is 2.20. The van der Waals surface area contributed by atoms with Gasteiger partial charge in [-0.2, -0.15) is 0 Å². The number of rotatable bonds is 6. The van der Waals surface area contributed by atoms with Gasteiger partial charge in [0.05, 0.1) is 18.9 Å². The van der Waals surface area contributed by atoms with Crippen molar-refractivity contribution in [3.8, 4) is 0 Å². The van der Waals surface area contributed by atoms with E-state index in [1.54, 1.807) is 48.5 Å². The van der Waals surface area contributed by atoms with Crippen LogP contribution in [-0.2, 0) is 9.53 Å². The molecule has 5 nitrogen and oxygen atoms in total. The molecule has 0 aromatic heterocycles. The third kappa shape index (κ3) is 4.91. The number of morpholine rings is 1. The Morgan fingerprint density at radius 3 is 2.46 bits per heavy atom. The summed E-state index contributed by atoms with van der Waals surface area (Å²) in [6.07, 6.45) is 0.378. The molecule has 136 valence electrons. The number of carbonyl (C=O) groups excluding carboxylic acids is 2. The Kier molecular flexibility index (Phi) is 6.39. The molecule has 1 N–H and O–H groups in total.